The van der Waals surface area contributed by atoms with E-state index in [1.165, 1.54) is 32.1 Å². The Morgan fingerprint density at radius 1 is 1.29 bits per heavy atom. The molecular weight excluding hydrogens is 214 g/mol. The topological polar surface area (TPSA) is 61.0 Å². The third-order valence-corrected chi connectivity index (χ3v) is 3.16. The van der Waals surface area contributed by atoms with E-state index in [0.29, 0.717) is 24.2 Å². The third-order valence-electron chi connectivity index (χ3n) is 3.16. The Bertz CT molecular complexity index is 362. The van der Waals surface area contributed by atoms with E-state index >= 15 is 0 Å². The predicted octanol–water partition coefficient (Wildman–Crippen LogP) is 2.90. The van der Waals surface area contributed by atoms with Crippen molar-refractivity contribution in [3.05, 3.63) is 11.9 Å². The number of rotatable bonds is 4. The highest BCUT2D eigenvalue weighted by Gasteiger charge is 2.19. The highest BCUT2D eigenvalue weighted by atomic mass is 16.5. The Hall–Kier alpha value is -1.32. The van der Waals surface area contributed by atoms with Crippen LogP contribution in [0.15, 0.2) is 6.07 Å². The average Bonchev–Trinajstić information content (AvgIpc) is 2.37. The first kappa shape index (κ1) is 12.1. The molecule has 94 valence electrons. The number of anilines is 1. The molecule has 1 aromatic heterocycles. The van der Waals surface area contributed by atoms with Gasteiger partial charge < -0.3 is 10.5 Å². The van der Waals surface area contributed by atoms with Crippen molar-refractivity contribution in [2.45, 2.75) is 51.4 Å². The lowest BCUT2D eigenvalue weighted by atomic mass is 9.89. The Balaban J connectivity index is 2.12. The Morgan fingerprint density at radius 2 is 2.06 bits per heavy atom. The fraction of sp³-hybridized carbons (Fsp3) is 0.692. The maximum absolute atomic E-state index is 5.81. The molecule has 1 aromatic rings. The predicted molar refractivity (Wildman–Crippen MR) is 68.1 cm³/mol. The summed E-state index contributed by atoms with van der Waals surface area (Å²) < 4.78 is 5.54. The van der Waals surface area contributed by atoms with E-state index in [4.69, 9.17) is 10.5 Å². The zero-order chi connectivity index (χ0) is 12.1. The molecule has 0 bridgehead atoms. The molecule has 0 atom stereocenters. The van der Waals surface area contributed by atoms with Gasteiger partial charge in [-0.3, -0.25) is 0 Å². The Morgan fingerprint density at radius 3 is 2.76 bits per heavy atom. The monoisotopic (exact) mass is 235 g/mol. The molecule has 0 saturated heterocycles. The van der Waals surface area contributed by atoms with Crippen LogP contribution in [0.3, 0.4) is 0 Å². The van der Waals surface area contributed by atoms with E-state index in [-0.39, 0.29) is 0 Å². The number of aromatic nitrogens is 2. The van der Waals surface area contributed by atoms with Crippen molar-refractivity contribution in [2.75, 3.05) is 12.3 Å². The highest BCUT2D eigenvalue weighted by Crippen LogP contribution is 2.31. The minimum atomic E-state index is 0.469. The molecule has 4 nitrogen and oxygen atoms in total. The molecule has 2 rings (SSSR count). The lowest BCUT2D eigenvalue weighted by Crippen LogP contribution is -2.11. The summed E-state index contributed by atoms with van der Waals surface area (Å²) in [6.45, 7) is 2.76. The van der Waals surface area contributed by atoms with Crippen LogP contribution in [0.5, 0.6) is 5.88 Å². The first-order valence-corrected chi connectivity index (χ1v) is 6.57. The van der Waals surface area contributed by atoms with Crippen molar-refractivity contribution in [1.29, 1.82) is 0 Å². The van der Waals surface area contributed by atoms with Crippen LogP contribution in [0.4, 0.5) is 5.82 Å². The molecule has 1 fully saturated rings. The van der Waals surface area contributed by atoms with Crippen molar-refractivity contribution in [2.24, 2.45) is 0 Å². The molecule has 0 amide bonds. The average molecular weight is 235 g/mol. The maximum Gasteiger partial charge on any atom is 0.218 e. The van der Waals surface area contributed by atoms with Gasteiger partial charge in [0.05, 0.1) is 6.61 Å². The van der Waals surface area contributed by atoms with Gasteiger partial charge in [-0.25, -0.2) is 4.98 Å². The van der Waals surface area contributed by atoms with E-state index in [1.807, 2.05) is 0 Å². The maximum atomic E-state index is 5.81. The van der Waals surface area contributed by atoms with Crippen LogP contribution < -0.4 is 10.5 Å². The molecule has 1 saturated carbocycles. The summed E-state index contributed by atoms with van der Waals surface area (Å²) in [4.78, 5) is 8.83. The quantitative estimate of drug-likeness (QED) is 0.871. The summed E-state index contributed by atoms with van der Waals surface area (Å²) in [5.41, 5.74) is 5.81. The first-order valence-electron chi connectivity index (χ1n) is 6.57. The largest absolute Gasteiger partial charge is 0.478 e. The number of nitrogen functional groups attached to an aromatic ring is 1. The van der Waals surface area contributed by atoms with Crippen molar-refractivity contribution in [1.82, 2.24) is 9.97 Å². The third kappa shape index (κ3) is 3.32. The van der Waals surface area contributed by atoms with Crippen LogP contribution in [-0.4, -0.2) is 16.6 Å². The van der Waals surface area contributed by atoms with Gasteiger partial charge in [-0.2, -0.15) is 4.98 Å². The number of ether oxygens (including phenoxy) is 1. The fourth-order valence-corrected chi connectivity index (χ4v) is 2.29. The van der Waals surface area contributed by atoms with Crippen molar-refractivity contribution >= 4 is 5.82 Å². The van der Waals surface area contributed by atoms with Gasteiger partial charge in [-0.1, -0.05) is 26.2 Å². The Kier molecular flexibility index (Phi) is 4.18. The van der Waals surface area contributed by atoms with Crippen LogP contribution in [-0.2, 0) is 0 Å². The van der Waals surface area contributed by atoms with E-state index in [0.717, 1.165) is 12.2 Å². The van der Waals surface area contributed by atoms with Gasteiger partial charge in [-0.05, 0) is 19.3 Å². The standard InChI is InChI=1S/C13H21N3O/c1-2-8-17-12-9-11(14)15-13(16-12)10-6-4-3-5-7-10/h9-10H,2-8H2,1H3,(H2,14,15,16). The molecule has 2 N–H and O–H groups in total. The molecule has 0 spiro atoms. The lowest BCUT2D eigenvalue weighted by molar-refractivity contribution is 0.301. The van der Waals surface area contributed by atoms with Crippen LogP contribution in [0.1, 0.15) is 57.2 Å². The summed E-state index contributed by atoms with van der Waals surface area (Å²) in [6.07, 6.45) is 7.20. The molecule has 0 unspecified atom stereocenters. The van der Waals surface area contributed by atoms with Gasteiger partial charge in [0.25, 0.3) is 0 Å². The molecule has 0 aromatic carbocycles. The summed E-state index contributed by atoms with van der Waals surface area (Å²) in [5.74, 6) is 2.48. The molecule has 1 heterocycles. The van der Waals surface area contributed by atoms with Gasteiger partial charge in [0.2, 0.25) is 5.88 Å². The van der Waals surface area contributed by atoms with E-state index in [9.17, 15) is 0 Å². The molecular formula is C13H21N3O. The molecule has 0 aliphatic heterocycles. The molecule has 1 aliphatic carbocycles. The SMILES string of the molecule is CCCOc1cc(N)nc(C2CCCCC2)n1. The zero-order valence-electron chi connectivity index (χ0n) is 10.5. The van der Waals surface area contributed by atoms with Gasteiger partial charge >= 0.3 is 0 Å². The van der Waals surface area contributed by atoms with Crippen LogP contribution in [0.2, 0.25) is 0 Å². The van der Waals surface area contributed by atoms with Gasteiger partial charge in [0.15, 0.2) is 0 Å². The van der Waals surface area contributed by atoms with Gasteiger partial charge in [0, 0.05) is 12.0 Å². The summed E-state index contributed by atoms with van der Waals surface area (Å²) in [5, 5.41) is 0. The first-order chi connectivity index (χ1) is 8.29. The van der Waals surface area contributed by atoms with E-state index in [2.05, 4.69) is 16.9 Å². The smallest absolute Gasteiger partial charge is 0.218 e. The van der Waals surface area contributed by atoms with Crippen molar-refractivity contribution in [3.8, 4) is 5.88 Å². The van der Waals surface area contributed by atoms with Crippen molar-refractivity contribution < 1.29 is 4.74 Å². The summed E-state index contributed by atoms with van der Waals surface area (Å²) in [7, 11) is 0. The molecule has 17 heavy (non-hydrogen) atoms. The number of hydrogen-bond acceptors (Lipinski definition) is 4. The van der Waals surface area contributed by atoms with Crippen LogP contribution in [0.25, 0.3) is 0 Å². The lowest BCUT2D eigenvalue weighted by Gasteiger charge is -2.20. The van der Waals surface area contributed by atoms with Gasteiger partial charge in [-0.15, -0.1) is 0 Å². The number of hydrogen-bond donors (Lipinski definition) is 1. The minimum absolute atomic E-state index is 0.469. The molecule has 4 heteroatoms. The fourth-order valence-electron chi connectivity index (χ4n) is 2.29. The minimum Gasteiger partial charge on any atom is -0.478 e. The van der Waals surface area contributed by atoms with Crippen LogP contribution >= 0.6 is 0 Å². The Labute approximate surface area is 103 Å². The summed E-state index contributed by atoms with van der Waals surface area (Å²) >= 11 is 0. The molecule has 0 radical (unpaired) electrons. The second kappa shape index (κ2) is 5.84. The second-order valence-electron chi connectivity index (χ2n) is 4.67. The molecule has 1 aliphatic rings. The second-order valence-corrected chi connectivity index (χ2v) is 4.67. The number of nitrogens with zero attached hydrogens (tertiary/aromatic N) is 2. The van der Waals surface area contributed by atoms with Crippen LogP contribution in [0, 0.1) is 0 Å². The van der Waals surface area contributed by atoms with E-state index < -0.39 is 0 Å². The van der Waals surface area contributed by atoms with Gasteiger partial charge in [0.1, 0.15) is 11.6 Å². The normalized spacial score (nSPS) is 17.0. The zero-order valence-corrected chi connectivity index (χ0v) is 10.5. The van der Waals surface area contributed by atoms with E-state index in [1.54, 1.807) is 6.07 Å². The highest BCUT2D eigenvalue weighted by molar-refractivity contribution is 5.33. The van der Waals surface area contributed by atoms with Crippen molar-refractivity contribution in [3.63, 3.8) is 0 Å². The summed E-state index contributed by atoms with van der Waals surface area (Å²) in [6, 6.07) is 1.71. The number of nitrogens with two attached hydrogens (primary N) is 1.